The summed E-state index contributed by atoms with van der Waals surface area (Å²) < 4.78 is 0. The number of rotatable bonds is 4. The molecule has 4 aromatic rings. The minimum Gasteiger partial charge on any atom is -0.508 e. The molecule has 0 bridgehead atoms. The van der Waals surface area contributed by atoms with Crippen LogP contribution in [0.2, 0.25) is 0 Å². The number of nitriles is 1. The van der Waals surface area contributed by atoms with Crippen LogP contribution in [0.4, 0.5) is 5.13 Å². The summed E-state index contributed by atoms with van der Waals surface area (Å²) in [6.45, 7) is 0. The van der Waals surface area contributed by atoms with E-state index in [4.69, 9.17) is 5.26 Å². The third-order valence-corrected chi connectivity index (χ3v) is 5.01. The number of anilines is 1. The van der Waals surface area contributed by atoms with E-state index in [2.05, 4.69) is 16.4 Å². The van der Waals surface area contributed by atoms with Gasteiger partial charge in [-0.05, 0) is 34.5 Å². The Bertz CT molecular complexity index is 1080. The lowest BCUT2D eigenvalue weighted by Crippen LogP contribution is -2.13. The number of nitrogens with zero attached hydrogens (tertiary/aromatic N) is 2. The first-order chi connectivity index (χ1) is 12.8. The number of fused-ring (bicyclic) bond motifs is 1. The molecular weight excluding hydrogens is 342 g/mol. The lowest BCUT2D eigenvalue weighted by atomic mass is 9.92. The van der Waals surface area contributed by atoms with Crippen molar-refractivity contribution in [1.82, 2.24) is 4.98 Å². The smallest absolute Gasteiger partial charge is 0.183 e. The fraction of sp³-hybridized carbons (Fsp3) is 0.0476. The summed E-state index contributed by atoms with van der Waals surface area (Å²) >= 11 is 1.50. The second-order valence-corrected chi connectivity index (χ2v) is 6.76. The number of thiazole rings is 1. The number of phenols is 1. The first-order valence-corrected chi connectivity index (χ1v) is 9.01. The standard InChI is InChI=1S/C21H15N3OS/c22-13-14-5-7-16(8-6-14)20(24-21-23-11-12-26-21)19-17-4-2-1-3-15(17)9-10-18(19)25/h1-12,20,25H,(H,23,24). The lowest BCUT2D eigenvalue weighted by molar-refractivity contribution is 0.468. The molecule has 1 atom stereocenters. The van der Waals surface area contributed by atoms with Gasteiger partial charge < -0.3 is 10.4 Å². The van der Waals surface area contributed by atoms with Crippen molar-refractivity contribution >= 4 is 27.2 Å². The molecule has 0 aliphatic rings. The van der Waals surface area contributed by atoms with Crippen LogP contribution in [0.3, 0.4) is 0 Å². The summed E-state index contributed by atoms with van der Waals surface area (Å²) in [5.41, 5.74) is 2.35. The van der Waals surface area contributed by atoms with Gasteiger partial charge in [0.15, 0.2) is 5.13 Å². The van der Waals surface area contributed by atoms with Gasteiger partial charge in [-0.25, -0.2) is 4.98 Å². The molecular formula is C21H15N3OS. The molecule has 0 radical (unpaired) electrons. The lowest BCUT2D eigenvalue weighted by Gasteiger charge is -2.22. The highest BCUT2D eigenvalue weighted by Crippen LogP contribution is 2.38. The topological polar surface area (TPSA) is 68.9 Å². The number of hydrogen-bond donors (Lipinski definition) is 2. The third kappa shape index (κ3) is 2.99. The van der Waals surface area contributed by atoms with E-state index in [1.807, 2.05) is 47.8 Å². The molecule has 4 nitrogen and oxygen atoms in total. The van der Waals surface area contributed by atoms with Crippen LogP contribution in [-0.4, -0.2) is 10.1 Å². The Morgan fingerprint density at radius 1 is 1.04 bits per heavy atom. The van der Waals surface area contributed by atoms with E-state index in [0.717, 1.165) is 27.0 Å². The highest BCUT2D eigenvalue weighted by molar-refractivity contribution is 7.13. The quantitative estimate of drug-likeness (QED) is 0.535. The summed E-state index contributed by atoms with van der Waals surface area (Å²) in [6.07, 6.45) is 1.74. The van der Waals surface area contributed by atoms with Crippen molar-refractivity contribution in [1.29, 1.82) is 5.26 Å². The SMILES string of the molecule is N#Cc1ccc(C(Nc2nccs2)c2c(O)ccc3ccccc23)cc1. The van der Waals surface area contributed by atoms with Crippen LogP contribution in [0.25, 0.3) is 10.8 Å². The predicted molar refractivity (Wildman–Crippen MR) is 104 cm³/mol. The van der Waals surface area contributed by atoms with E-state index < -0.39 is 0 Å². The average molecular weight is 357 g/mol. The Hall–Kier alpha value is -3.36. The molecule has 5 heteroatoms. The van der Waals surface area contributed by atoms with Crippen molar-refractivity contribution in [2.75, 3.05) is 5.32 Å². The van der Waals surface area contributed by atoms with Crippen molar-refractivity contribution in [3.8, 4) is 11.8 Å². The maximum Gasteiger partial charge on any atom is 0.183 e. The van der Waals surface area contributed by atoms with Crippen LogP contribution in [0.1, 0.15) is 22.7 Å². The molecule has 1 unspecified atom stereocenters. The zero-order valence-corrected chi connectivity index (χ0v) is 14.6. The van der Waals surface area contributed by atoms with Crippen LogP contribution in [0.15, 0.2) is 72.2 Å². The van der Waals surface area contributed by atoms with E-state index >= 15 is 0 Å². The first kappa shape index (κ1) is 16.1. The van der Waals surface area contributed by atoms with Crippen molar-refractivity contribution < 1.29 is 5.11 Å². The molecule has 2 N–H and O–H groups in total. The Morgan fingerprint density at radius 2 is 1.85 bits per heavy atom. The summed E-state index contributed by atoms with van der Waals surface area (Å²) in [5.74, 6) is 0.224. The monoisotopic (exact) mass is 357 g/mol. The predicted octanol–water partition coefficient (Wildman–Crippen LogP) is 5.08. The van der Waals surface area contributed by atoms with Gasteiger partial charge in [-0.2, -0.15) is 5.26 Å². The third-order valence-electron chi connectivity index (χ3n) is 4.31. The molecule has 4 rings (SSSR count). The highest BCUT2D eigenvalue weighted by atomic mass is 32.1. The molecule has 26 heavy (non-hydrogen) atoms. The molecule has 0 aliphatic carbocycles. The van der Waals surface area contributed by atoms with Gasteiger partial charge in [-0.1, -0.05) is 42.5 Å². The summed E-state index contributed by atoms with van der Waals surface area (Å²) in [5, 5.41) is 27.9. The van der Waals surface area contributed by atoms with Crippen molar-refractivity contribution in [2.24, 2.45) is 0 Å². The van der Waals surface area contributed by atoms with Gasteiger partial charge in [-0.15, -0.1) is 11.3 Å². The number of benzene rings is 3. The molecule has 1 aromatic heterocycles. The molecule has 0 aliphatic heterocycles. The van der Waals surface area contributed by atoms with Gasteiger partial charge in [0.2, 0.25) is 0 Å². The fourth-order valence-electron chi connectivity index (χ4n) is 3.08. The van der Waals surface area contributed by atoms with E-state index in [1.54, 1.807) is 24.4 Å². The molecule has 0 spiro atoms. The van der Waals surface area contributed by atoms with Gasteiger partial charge in [0.05, 0.1) is 17.7 Å². The molecule has 0 fully saturated rings. The largest absolute Gasteiger partial charge is 0.508 e. The Balaban J connectivity index is 1.90. The van der Waals surface area contributed by atoms with Crippen molar-refractivity contribution in [3.05, 3.63) is 88.9 Å². The first-order valence-electron chi connectivity index (χ1n) is 8.13. The Morgan fingerprint density at radius 3 is 2.58 bits per heavy atom. The molecule has 0 amide bonds. The van der Waals surface area contributed by atoms with Crippen LogP contribution >= 0.6 is 11.3 Å². The molecule has 0 saturated heterocycles. The van der Waals surface area contributed by atoms with E-state index in [0.29, 0.717) is 5.56 Å². The number of aromatic nitrogens is 1. The molecule has 0 saturated carbocycles. The van der Waals surface area contributed by atoms with E-state index in [9.17, 15) is 5.11 Å². The summed E-state index contributed by atoms with van der Waals surface area (Å²) in [4.78, 5) is 4.32. The zero-order valence-electron chi connectivity index (χ0n) is 13.8. The van der Waals surface area contributed by atoms with Crippen molar-refractivity contribution in [3.63, 3.8) is 0 Å². The summed E-state index contributed by atoms with van der Waals surface area (Å²) in [7, 11) is 0. The van der Waals surface area contributed by atoms with Crippen LogP contribution in [0, 0.1) is 11.3 Å². The molecule has 126 valence electrons. The summed E-state index contributed by atoms with van der Waals surface area (Å²) in [6, 6.07) is 20.8. The Kier molecular flexibility index (Phi) is 4.26. The number of phenolic OH excluding ortho intramolecular Hbond substituents is 1. The zero-order chi connectivity index (χ0) is 17.9. The van der Waals surface area contributed by atoms with Gasteiger partial charge >= 0.3 is 0 Å². The van der Waals surface area contributed by atoms with Gasteiger partial charge in [-0.3, -0.25) is 0 Å². The molecule has 3 aromatic carbocycles. The number of aromatic hydroxyl groups is 1. The maximum absolute atomic E-state index is 10.7. The second kappa shape index (κ2) is 6.87. The van der Waals surface area contributed by atoms with Gasteiger partial charge in [0.25, 0.3) is 0 Å². The molecule has 1 heterocycles. The van der Waals surface area contributed by atoms with Crippen LogP contribution < -0.4 is 5.32 Å². The minimum atomic E-state index is -0.292. The van der Waals surface area contributed by atoms with Crippen molar-refractivity contribution in [2.45, 2.75) is 6.04 Å². The number of hydrogen-bond acceptors (Lipinski definition) is 5. The maximum atomic E-state index is 10.7. The minimum absolute atomic E-state index is 0.224. The highest BCUT2D eigenvalue weighted by Gasteiger charge is 2.21. The van der Waals surface area contributed by atoms with Gasteiger partial charge in [0, 0.05) is 17.1 Å². The van der Waals surface area contributed by atoms with Crippen LogP contribution in [0.5, 0.6) is 5.75 Å². The average Bonchev–Trinajstić information content (AvgIpc) is 3.20. The number of nitrogens with one attached hydrogen (secondary N) is 1. The second-order valence-electron chi connectivity index (χ2n) is 5.87. The Labute approximate surface area is 155 Å². The van der Waals surface area contributed by atoms with Crippen LogP contribution in [-0.2, 0) is 0 Å². The van der Waals surface area contributed by atoms with Gasteiger partial charge in [0.1, 0.15) is 5.75 Å². The van der Waals surface area contributed by atoms with E-state index in [1.165, 1.54) is 11.3 Å². The normalized spacial score (nSPS) is 11.8. The fourth-order valence-corrected chi connectivity index (χ4v) is 3.64. The van der Waals surface area contributed by atoms with E-state index in [-0.39, 0.29) is 11.8 Å².